The van der Waals surface area contributed by atoms with Gasteiger partial charge in [0.05, 0.1) is 24.9 Å². The van der Waals surface area contributed by atoms with Crippen LogP contribution in [0.3, 0.4) is 0 Å². The fourth-order valence-corrected chi connectivity index (χ4v) is 6.43. The Kier molecular flexibility index (Phi) is 5.97. The number of nitrogens with zero attached hydrogens (tertiary/aromatic N) is 1. The molecule has 1 aliphatic heterocycles. The van der Waals surface area contributed by atoms with Gasteiger partial charge in [0.2, 0.25) is 5.91 Å². The lowest BCUT2D eigenvalue weighted by atomic mass is 9.93. The molecule has 1 aliphatic rings. The van der Waals surface area contributed by atoms with Crippen LogP contribution in [0, 0.1) is 12.3 Å². The van der Waals surface area contributed by atoms with Crippen molar-refractivity contribution in [3.05, 3.63) is 45.8 Å². The maximum atomic E-state index is 13.2. The Labute approximate surface area is 181 Å². The smallest absolute Gasteiger partial charge is 0.340 e. The van der Waals surface area contributed by atoms with E-state index in [0.29, 0.717) is 29.1 Å². The van der Waals surface area contributed by atoms with Crippen LogP contribution in [0.5, 0.6) is 0 Å². The standard InChI is InChI=1S/C21H26N2O5S2/c1-13-8-6-7-9-15(13)22-30(26,27)19-17(18(24)28-5)14-10-11-23(12-16(14)29-19)20(25)21(2,3)4/h6-9,22H,10-12H2,1-5H3. The Morgan fingerprint density at radius 2 is 1.87 bits per heavy atom. The number of amides is 1. The van der Waals surface area contributed by atoms with Gasteiger partial charge < -0.3 is 9.64 Å². The molecule has 0 bridgehead atoms. The highest BCUT2D eigenvalue weighted by molar-refractivity contribution is 7.94. The Morgan fingerprint density at radius 3 is 2.47 bits per heavy atom. The molecule has 0 spiro atoms. The number of fused-ring (bicyclic) bond motifs is 1. The maximum absolute atomic E-state index is 13.2. The van der Waals surface area contributed by atoms with E-state index < -0.39 is 21.4 Å². The summed E-state index contributed by atoms with van der Waals surface area (Å²) in [5.74, 6) is -0.697. The lowest BCUT2D eigenvalue weighted by molar-refractivity contribution is -0.140. The van der Waals surface area contributed by atoms with Gasteiger partial charge in [0.25, 0.3) is 10.0 Å². The fraction of sp³-hybridized carbons (Fsp3) is 0.429. The normalized spacial score (nSPS) is 14.2. The molecule has 3 rings (SSSR count). The van der Waals surface area contributed by atoms with E-state index >= 15 is 0 Å². The highest BCUT2D eigenvalue weighted by atomic mass is 32.2. The van der Waals surface area contributed by atoms with Crippen LogP contribution in [0.15, 0.2) is 28.5 Å². The zero-order valence-electron chi connectivity index (χ0n) is 17.7. The van der Waals surface area contributed by atoms with E-state index in [1.54, 1.807) is 30.0 Å². The number of anilines is 1. The third-order valence-corrected chi connectivity index (χ3v) is 8.08. The molecule has 9 heteroatoms. The second kappa shape index (κ2) is 8.03. The molecule has 1 amide bonds. The molecule has 0 atom stereocenters. The van der Waals surface area contributed by atoms with E-state index in [0.717, 1.165) is 16.9 Å². The highest BCUT2D eigenvalue weighted by Crippen LogP contribution is 2.38. The number of sulfonamides is 1. The zero-order valence-corrected chi connectivity index (χ0v) is 19.4. The van der Waals surface area contributed by atoms with Crippen molar-refractivity contribution in [3.63, 3.8) is 0 Å². The summed E-state index contributed by atoms with van der Waals surface area (Å²) in [4.78, 5) is 27.6. The summed E-state index contributed by atoms with van der Waals surface area (Å²) in [7, 11) is -2.79. The summed E-state index contributed by atoms with van der Waals surface area (Å²) in [5, 5.41) is 0. The van der Waals surface area contributed by atoms with E-state index in [1.807, 2.05) is 26.8 Å². The first kappa shape index (κ1) is 22.3. The molecule has 0 saturated carbocycles. The number of para-hydroxylation sites is 1. The van der Waals surface area contributed by atoms with Gasteiger partial charge in [-0.3, -0.25) is 9.52 Å². The van der Waals surface area contributed by atoms with E-state index in [4.69, 9.17) is 4.74 Å². The van der Waals surface area contributed by atoms with Crippen LogP contribution in [0.1, 0.15) is 47.1 Å². The molecule has 30 heavy (non-hydrogen) atoms. The minimum atomic E-state index is -4.02. The summed E-state index contributed by atoms with van der Waals surface area (Å²) in [6, 6.07) is 7.02. The molecule has 7 nitrogen and oxygen atoms in total. The minimum Gasteiger partial charge on any atom is -0.465 e. The molecular formula is C21H26N2O5S2. The van der Waals surface area contributed by atoms with Crippen molar-refractivity contribution in [2.45, 2.75) is 44.9 Å². The van der Waals surface area contributed by atoms with E-state index in [1.165, 1.54) is 7.11 Å². The van der Waals surface area contributed by atoms with Gasteiger partial charge in [0, 0.05) is 16.8 Å². The van der Waals surface area contributed by atoms with Crippen LogP contribution < -0.4 is 4.72 Å². The number of hydrogen-bond donors (Lipinski definition) is 1. The predicted molar refractivity (Wildman–Crippen MR) is 116 cm³/mol. The number of ether oxygens (including phenoxy) is 1. The van der Waals surface area contributed by atoms with Gasteiger partial charge in [-0.1, -0.05) is 39.0 Å². The van der Waals surface area contributed by atoms with Gasteiger partial charge in [0.15, 0.2) is 4.21 Å². The first-order valence-corrected chi connectivity index (χ1v) is 11.9. The quantitative estimate of drug-likeness (QED) is 0.719. The van der Waals surface area contributed by atoms with Crippen LogP contribution in [0.25, 0.3) is 0 Å². The van der Waals surface area contributed by atoms with E-state index in [9.17, 15) is 18.0 Å². The Balaban J connectivity index is 2.04. The summed E-state index contributed by atoms with van der Waals surface area (Å²) in [6.45, 7) is 8.05. The fourth-order valence-electron chi connectivity index (χ4n) is 3.40. The first-order valence-electron chi connectivity index (χ1n) is 9.56. The molecule has 2 aromatic rings. The van der Waals surface area contributed by atoms with E-state index in [-0.39, 0.29) is 22.2 Å². The van der Waals surface area contributed by atoms with Crippen molar-refractivity contribution >= 4 is 38.9 Å². The van der Waals surface area contributed by atoms with Crippen LogP contribution in [0.2, 0.25) is 0 Å². The molecule has 1 aromatic heterocycles. The van der Waals surface area contributed by atoms with Gasteiger partial charge in [-0.05, 0) is 30.5 Å². The number of methoxy groups -OCH3 is 1. The monoisotopic (exact) mass is 450 g/mol. The number of thiophene rings is 1. The molecule has 0 saturated heterocycles. The lowest BCUT2D eigenvalue weighted by Gasteiger charge is -2.32. The van der Waals surface area contributed by atoms with Crippen LogP contribution in [-0.2, 0) is 32.5 Å². The minimum absolute atomic E-state index is 0.0105. The number of rotatable bonds is 4. The van der Waals surface area contributed by atoms with Gasteiger partial charge in [-0.25, -0.2) is 13.2 Å². The predicted octanol–water partition coefficient (Wildman–Crippen LogP) is 3.57. The second-order valence-electron chi connectivity index (χ2n) is 8.30. The third kappa shape index (κ3) is 4.22. The van der Waals surface area contributed by atoms with Crippen molar-refractivity contribution in [1.82, 2.24) is 4.90 Å². The van der Waals surface area contributed by atoms with Gasteiger partial charge in [-0.2, -0.15) is 0 Å². The van der Waals surface area contributed by atoms with Gasteiger partial charge >= 0.3 is 5.97 Å². The molecule has 0 aliphatic carbocycles. The van der Waals surface area contributed by atoms with Crippen molar-refractivity contribution in [1.29, 1.82) is 0 Å². The Morgan fingerprint density at radius 1 is 1.20 bits per heavy atom. The molecule has 0 fully saturated rings. The first-order chi connectivity index (χ1) is 14.0. The molecule has 0 unspecified atom stereocenters. The van der Waals surface area contributed by atoms with Gasteiger partial charge in [-0.15, -0.1) is 11.3 Å². The summed E-state index contributed by atoms with van der Waals surface area (Å²) >= 11 is 1.02. The summed E-state index contributed by atoms with van der Waals surface area (Å²) in [6.07, 6.45) is 0.401. The lowest BCUT2D eigenvalue weighted by Crippen LogP contribution is -2.42. The van der Waals surface area contributed by atoms with Crippen LogP contribution in [-0.4, -0.2) is 38.8 Å². The molecule has 162 valence electrons. The average Bonchev–Trinajstić information content (AvgIpc) is 3.07. The SMILES string of the molecule is COC(=O)c1c(S(=O)(=O)Nc2ccccc2C)sc2c1CCN(C(=O)C(C)(C)C)C2. The number of benzene rings is 1. The largest absolute Gasteiger partial charge is 0.465 e. The van der Waals surface area contributed by atoms with Crippen molar-refractivity contribution < 1.29 is 22.7 Å². The Bertz CT molecular complexity index is 1100. The summed E-state index contributed by atoms with van der Waals surface area (Å²) in [5.41, 5.74) is 1.39. The number of carbonyl (C=O) groups excluding carboxylic acids is 2. The zero-order chi connectivity index (χ0) is 22.3. The number of aryl methyl sites for hydroxylation is 1. The summed E-state index contributed by atoms with van der Waals surface area (Å²) < 4.78 is 33.8. The number of nitrogens with one attached hydrogen (secondary N) is 1. The van der Waals surface area contributed by atoms with Crippen LogP contribution >= 0.6 is 11.3 Å². The van der Waals surface area contributed by atoms with Crippen molar-refractivity contribution in [2.24, 2.45) is 5.41 Å². The molecule has 2 heterocycles. The number of esters is 1. The third-order valence-electron chi connectivity index (χ3n) is 4.98. The Hall–Kier alpha value is -2.39. The average molecular weight is 451 g/mol. The van der Waals surface area contributed by atoms with Crippen LogP contribution in [0.4, 0.5) is 5.69 Å². The highest BCUT2D eigenvalue weighted by Gasteiger charge is 2.37. The van der Waals surface area contributed by atoms with E-state index in [2.05, 4.69) is 4.72 Å². The molecule has 1 N–H and O–H groups in total. The molecule has 0 radical (unpaired) electrons. The van der Waals surface area contributed by atoms with Gasteiger partial charge in [0.1, 0.15) is 0 Å². The molecule has 1 aromatic carbocycles. The molecular weight excluding hydrogens is 424 g/mol. The second-order valence-corrected chi connectivity index (χ2v) is 11.3. The number of carbonyl (C=O) groups is 2. The van der Waals surface area contributed by atoms with Crippen molar-refractivity contribution in [2.75, 3.05) is 18.4 Å². The topological polar surface area (TPSA) is 92.8 Å². The maximum Gasteiger partial charge on any atom is 0.340 e. The van der Waals surface area contributed by atoms with Crippen molar-refractivity contribution in [3.8, 4) is 0 Å². The number of hydrogen-bond acceptors (Lipinski definition) is 6.